The van der Waals surface area contributed by atoms with Gasteiger partial charge in [0, 0.05) is 7.26 Å². The van der Waals surface area contributed by atoms with Gasteiger partial charge in [0.1, 0.15) is 10.1 Å². The van der Waals surface area contributed by atoms with Crippen LogP contribution in [0.2, 0.25) is 0 Å². The quantitative estimate of drug-likeness (QED) is 0.248. The number of hydrogen-bond donors (Lipinski definition) is 0. The minimum atomic E-state index is -4.27. The molecule has 5 heteroatoms. The highest BCUT2D eigenvalue weighted by molar-refractivity contribution is 7.85. The smallest absolute Gasteiger partial charge is 0.124 e. The number of rotatable bonds is 13. The summed E-state index contributed by atoms with van der Waals surface area (Å²) in [5.41, 5.74) is 0.928. The van der Waals surface area contributed by atoms with Gasteiger partial charge in [0.05, 0.1) is 29.5 Å². The van der Waals surface area contributed by atoms with Crippen LogP contribution in [0.3, 0.4) is 0 Å². The average molecular weight is 431 g/mol. The third-order valence-electron chi connectivity index (χ3n) is 5.25. The summed E-state index contributed by atoms with van der Waals surface area (Å²) in [4.78, 5) is -0.178. The molecule has 1 aromatic carbocycles. The van der Waals surface area contributed by atoms with E-state index in [0.29, 0.717) is 0 Å². The molecule has 3 nitrogen and oxygen atoms in total. The number of benzene rings is 1. The molecule has 0 aliphatic carbocycles. The molecule has 0 aliphatic rings. The predicted octanol–water partition coefficient (Wildman–Crippen LogP) is 7.10. The maximum absolute atomic E-state index is 10.4. The van der Waals surface area contributed by atoms with E-state index in [1.807, 2.05) is 6.92 Å². The number of aryl methyl sites for hydroxylation is 1. The summed E-state index contributed by atoms with van der Waals surface area (Å²) in [6, 6.07) is 5.78. The van der Waals surface area contributed by atoms with Crippen LogP contribution < -0.4 is 0 Å². The minimum Gasteiger partial charge on any atom is -0.744 e. The van der Waals surface area contributed by atoms with Gasteiger partial charge in [-0.25, -0.2) is 8.42 Å². The van der Waals surface area contributed by atoms with E-state index >= 15 is 0 Å². The first kappa shape index (κ1) is 27.6. The topological polar surface area (TPSA) is 57.2 Å². The Morgan fingerprint density at radius 1 is 0.714 bits per heavy atom. The van der Waals surface area contributed by atoms with E-state index in [0.717, 1.165) is 5.56 Å². The van der Waals surface area contributed by atoms with Crippen LogP contribution in [0.25, 0.3) is 0 Å². The van der Waals surface area contributed by atoms with E-state index in [1.165, 1.54) is 63.5 Å². The average Bonchev–Trinajstić information content (AvgIpc) is 2.67. The summed E-state index contributed by atoms with van der Waals surface area (Å²) in [6.07, 6.45) is 17.9. The number of hydrogen-bond acceptors (Lipinski definition) is 3. The van der Waals surface area contributed by atoms with Gasteiger partial charge in [0.15, 0.2) is 0 Å². The van der Waals surface area contributed by atoms with Crippen molar-refractivity contribution < 1.29 is 13.0 Å². The van der Waals surface area contributed by atoms with Gasteiger partial charge in [-0.3, -0.25) is 0 Å². The third kappa shape index (κ3) is 12.2. The lowest BCUT2D eigenvalue weighted by atomic mass is 10.2. The van der Waals surface area contributed by atoms with Crippen LogP contribution >= 0.6 is 7.26 Å². The molecule has 164 valence electrons. The Labute approximate surface area is 175 Å². The summed E-state index contributed by atoms with van der Waals surface area (Å²) in [7, 11) is -4.83. The molecule has 0 fully saturated rings. The fourth-order valence-corrected chi connectivity index (χ4v) is 9.11. The van der Waals surface area contributed by atoms with E-state index < -0.39 is 17.4 Å². The molecule has 0 amide bonds. The van der Waals surface area contributed by atoms with Crippen LogP contribution in [0.4, 0.5) is 0 Å². The van der Waals surface area contributed by atoms with E-state index in [-0.39, 0.29) is 4.90 Å². The van der Waals surface area contributed by atoms with Crippen molar-refractivity contribution in [3.05, 3.63) is 29.8 Å². The van der Waals surface area contributed by atoms with Crippen molar-refractivity contribution in [1.29, 1.82) is 0 Å². The molecular formula is C23H43O3PS. The normalized spacial score (nSPS) is 11.8. The first-order valence-electron chi connectivity index (χ1n) is 11.1. The van der Waals surface area contributed by atoms with Crippen molar-refractivity contribution in [2.75, 3.05) is 24.6 Å². The third-order valence-corrected chi connectivity index (χ3v) is 11.2. The molecular weight excluding hydrogens is 387 g/mol. The first-order chi connectivity index (χ1) is 13.2. The maximum atomic E-state index is 10.4. The molecule has 0 atom stereocenters. The van der Waals surface area contributed by atoms with Crippen molar-refractivity contribution in [1.82, 2.24) is 0 Å². The maximum Gasteiger partial charge on any atom is 0.124 e. The highest BCUT2D eigenvalue weighted by Gasteiger charge is 2.34. The van der Waals surface area contributed by atoms with Crippen molar-refractivity contribution in [3.63, 3.8) is 0 Å². The summed E-state index contributed by atoms with van der Waals surface area (Å²) in [6.45, 7) is 11.2. The molecule has 1 rings (SSSR count). The first-order valence-corrected chi connectivity index (χ1v) is 15.1. The van der Waals surface area contributed by atoms with Crippen LogP contribution in [0.15, 0.2) is 29.2 Å². The van der Waals surface area contributed by atoms with Crippen LogP contribution in [-0.2, 0) is 10.1 Å². The molecule has 0 bridgehead atoms. The lowest BCUT2D eigenvalue weighted by Crippen LogP contribution is -2.12. The van der Waals surface area contributed by atoms with Gasteiger partial charge in [-0.2, -0.15) is 0 Å². The second-order valence-electron chi connectivity index (χ2n) is 7.92. The zero-order valence-electron chi connectivity index (χ0n) is 18.9. The van der Waals surface area contributed by atoms with Gasteiger partial charge in [-0.05, 0) is 44.7 Å². The van der Waals surface area contributed by atoms with Crippen molar-refractivity contribution in [2.24, 2.45) is 0 Å². The van der Waals surface area contributed by atoms with Gasteiger partial charge < -0.3 is 4.55 Å². The van der Waals surface area contributed by atoms with Gasteiger partial charge in [-0.15, -0.1) is 0 Å². The van der Waals surface area contributed by atoms with Crippen molar-refractivity contribution in [3.8, 4) is 0 Å². The molecule has 0 aliphatic heterocycles. The SMILES string of the molecule is CCCC[P+](CCCC)(CCCC)CCCC.Cc1ccc(S(=O)(=O)[O-])cc1. The Morgan fingerprint density at radius 3 is 1.29 bits per heavy atom. The highest BCUT2D eigenvalue weighted by atomic mass is 32.2. The van der Waals surface area contributed by atoms with Gasteiger partial charge in [0.2, 0.25) is 0 Å². The lowest BCUT2D eigenvalue weighted by molar-refractivity contribution is 0.463. The molecule has 0 heterocycles. The number of unbranched alkanes of at least 4 members (excludes halogenated alkanes) is 4. The highest BCUT2D eigenvalue weighted by Crippen LogP contribution is 2.61. The van der Waals surface area contributed by atoms with Gasteiger partial charge in [0.25, 0.3) is 0 Å². The summed E-state index contributed by atoms with van der Waals surface area (Å²) in [5, 5.41) is 0. The second-order valence-corrected chi connectivity index (χ2v) is 13.8. The molecule has 28 heavy (non-hydrogen) atoms. The largest absolute Gasteiger partial charge is 0.744 e. The Kier molecular flexibility index (Phi) is 15.2. The lowest BCUT2D eigenvalue weighted by Gasteiger charge is -2.28. The predicted molar refractivity (Wildman–Crippen MR) is 125 cm³/mol. The monoisotopic (exact) mass is 430 g/mol. The Bertz CT molecular complexity index is 559. The van der Waals surface area contributed by atoms with E-state index in [1.54, 1.807) is 36.8 Å². The molecule has 0 radical (unpaired) electrons. The van der Waals surface area contributed by atoms with Gasteiger partial charge in [-0.1, -0.05) is 71.1 Å². The van der Waals surface area contributed by atoms with Gasteiger partial charge >= 0.3 is 0 Å². The molecule has 0 aromatic heterocycles. The minimum absolute atomic E-state index is 0.178. The summed E-state index contributed by atoms with van der Waals surface area (Å²) in [5.74, 6) is 0. The van der Waals surface area contributed by atoms with Crippen LogP contribution in [0.5, 0.6) is 0 Å². The van der Waals surface area contributed by atoms with E-state index in [2.05, 4.69) is 27.7 Å². The van der Waals surface area contributed by atoms with E-state index in [4.69, 9.17) is 0 Å². The zero-order valence-corrected chi connectivity index (χ0v) is 20.6. The Morgan fingerprint density at radius 2 is 1.04 bits per heavy atom. The van der Waals surface area contributed by atoms with Crippen LogP contribution in [0, 0.1) is 6.92 Å². The molecule has 1 aromatic rings. The molecule has 0 saturated heterocycles. The fraction of sp³-hybridized carbons (Fsp3) is 0.739. The molecule has 0 unspecified atom stereocenters. The summed E-state index contributed by atoms with van der Waals surface area (Å²) >= 11 is 0. The van der Waals surface area contributed by atoms with Crippen molar-refractivity contribution in [2.45, 2.75) is 90.9 Å². The van der Waals surface area contributed by atoms with E-state index in [9.17, 15) is 13.0 Å². The van der Waals surface area contributed by atoms with Crippen LogP contribution in [0.1, 0.15) is 84.6 Å². The van der Waals surface area contributed by atoms with Crippen molar-refractivity contribution >= 4 is 17.4 Å². The standard InChI is InChI=1S/C16H36P.C7H8O3S/c1-5-9-13-17(14-10-6-2,15-11-7-3)16-12-8-4;1-6-2-4-7(5-3-6)11(8,9)10/h5-16H2,1-4H3;2-5H,1H3,(H,8,9,10)/q+1;/p-1. The molecule has 0 N–H and O–H groups in total. The second kappa shape index (κ2) is 15.4. The van der Waals surface area contributed by atoms with Crippen LogP contribution in [-0.4, -0.2) is 37.6 Å². The molecule has 0 saturated carbocycles. The Hall–Kier alpha value is -0.440. The molecule has 0 spiro atoms. The summed E-state index contributed by atoms with van der Waals surface area (Å²) < 4.78 is 31.2. The zero-order chi connectivity index (χ0) is 21.5. The fourth-order valence-electron chi connectivity index (χ4n) is 3.35. The Balaban J connectivity index is 0.000000567.